The molecule has 0 atom stereocenters. The van der Waals surface area contributed by atoms with Gasteiger partial charge in [0.2, 0.25) is 0 Å². The van der Waals surface area contributed by atoms with Gasteiger partial charge in [-0.1, -0.05) is 11.6 Å². The van der Waals surface area contributed by atoms with E-state index in [1.165, 1.54) is 24.3 Å². The molecule has 0 saturated carbocycles. The summed E-state index contributed by atoms with van der Waals surface area (Å²) in [4.78, 5) is 11.7. The summed E-state index contributed by atoms with van der Waals surface area (Å²) in [5.41, 5.74) is 5.66. The number of halogens is 3. The van der Waals surface area contributed by atoms with Gasteiger partial charge < -0.3 is 15.8 Å². The van der Waals surface area contributed by atoms with E-state index in [4.69, 9.17) is 22.1 Å². The van der Waals surface area contributed by atoms with Gasteiger partial charge >= 0.3 is 0 Å². The predicted octanol–water partition coefficient (Wildman–Crippen LogP) is 3.22. The Kier molecular flexibility index (Phi) is 4.59. The van der Waals surface area contributed by atoms with Crippen LogP contribution in [0.4, 0.5) is 20.2 Å². The maximum atomic E-state index is 13.0. The monoisotopic (exact) mass is 312 g/mol. The molecule has 0 radical (unpaired) electrons. The quantitative estimate of drug-likeness (QED) is 0.852. The van der Waals surface area contributed by atoms with E-state index in [1.807, 2.05) is 0 Å². The van der Waals surface area contributed by atoms with E-state index in [9.17, 15) is 13.6 Å². The second-order valence-corrected chi connectivity index (χ2v) is 4.56. The lowest BCUT2D eigenvalue weighted by Gasteiger charge is -2.08. The minimum atomic E-state index is -0.574. The van der Waals surface area contributed by atoms with Gasteiger partial charge in [0.25, 0.3) is 5.91 Å². The molecule has 21 heavy (non-hydrogen) atoms. The van der Waals surface area contributed by atoms with Crippen molar-refractivity contribution < 1.29 is 18.3 Å². The fourth-order valence-electron chi connectivity index (χ4n) is 1.53. The van der Waals surface area contributed by atoms with Crippen LogP contribution in [-0.2, 0) is 4.79 Å². The first-order valence-electron chi connectivity index (χ1n) is 5.88. The molecule has 7 heteroatoms. The summed E-state index contributed by atoms with van der Waals surface area (Å²) >= 11 is 5.59. The van der Waals surface area contributed by atoms with E-state index in [1.54, 1.807) is 0 Å². The molecular formula is C14H11ClF2N2O2. The first-order valence-corrected chi connectivity index (χ1v) is 6.26. The molecule has 1 amide bonds. The number of anilines is 2. The van der Waals surface area contributed by atoms with Gasteiger partial charge in [0.1, 0.15) is 17.4 Å². The van der Waals surface area contributed by atoms with Crippen molar-refractivity contribution in [3.63, 3.8) is 0 Å². The molecule has 0 unspecified atom stereocenters. The minimum absolute atomic E-state index is 0.0703. The first-order chi connectivity index (χ1) is 9.95. The number of carbonyl (C=O) groups is 1. The smallest absolute Gasteiger partial charge is 0.262 e. The summed E-state index contributed by atoms with van der Waals surface area (Å²) in [7, 11) is 0. The van der Waals surface area contributed by atoms with Gasteiger partial charge in [0.15, 0.2) is 6.61 Å². The Bertz CT molecular complexity index is 680. The Morgan fingerprint density at radius 3 is 2.57 bits per heavy atom. The number of benzene rings is 2. The van der Waals surface area contributed by atoms with Gasteiger partial charge in [-0.05, 0) is 30.3 Å². The van der Waals surface area contributed by atoms with Gasteiger partial charge in [-0.15, -0.1) is 0 Å². The maximum Gasteiger partial charge on any atom is 0.262 e. The second kappa shape index (κ2) is 6.41. The Labute approximate surface area is 124 Å². The van der Waals surface area contributed by atoms with Crippen LogP contribution in [0.1, 0.15) is 0 Å². The number of ether oxygens (including phenoxy) is 1. The van der Waals surface area contributed by atoms with Crippen molar-refractivity contribution in [3.8, 4) is 5.75 Å². The zero-order valence-electron chi connectivity index (χ0n) is 10.7. The van der Waals surface area contributed by atoms with E-state index in [2.05, 4.69) is 5.32 Å². The average molecular weight is 313 g/mol. The van der Waals surface area contributed by atoms with Crippen molar-refractivity contribution >= 4 is 28.9 Å². The third-order valence-electron chi connectivity index (χ3n) is 2.54. The molecule has 0 heterocycles. The Morgan fingerprint density at radius 2 is 1.90 bits per heavy atom. The third kappa shape index (κ3) is 4.06. The molecule has 4 nitrogen and oxygen atoms in total. The summed E-state index contributed by atoms with van der Waals surface area (Å²) in [6, 6.07) is 7.56. The second-order valence-electron chi connectivity index (χ2n) is 4.15. The average Bonchev–Trinajstić information content (AvgIpc) is 2.44. The van der Waals surface area contributed by atoms with Gasteiger partial charge in [0, 0.05) is 11.8 Å². The summed E-state index contributed by atoms with van der Waals surface area (Å²) in [5, 5.41) is 2.39. The van der Waals surface area contributed by atoms with Crippen LogP contribution in [0, 0.1) is 11.6 Å². The van der Waals surface area contributed by atoms with E-state index in [0.717, 1.165) is 12.1 Å². The van der Waals surface area contributed by atoms with Crippen molar-refractivity contribution in [2.75, 3.05) is 17.7 Å². The van der Waals surface area contributed by atoms with Crippen molar-refractivity contribution in [3.05, 3.63) is 53.1 Å². The summed E-state index contributed by atoms with van der Waals surface area (Å²) in [6.07, 6.45) is 0. The number of hydrogen-bond donors (Lipinski definition) is 2. The van der Waals surface area contributed by atoms with Crippen LogP contribution in [0.15, 0.2) is 36.4 Å². The highest BCUT2D eigenvalue weighted by atomic mass is 35.5. The zero-order chi connectivity index (χ0) is 15.4. The number of carbonyl (C=O) groups excluding carboxylic acids is 1. The Morgan fingerprint density at radius 1 is 1.19 bits per heavy atom. The molecule has 2 rings (SSSR count). The Hall–Kier alpha value is -2.34. The SMILES string of the molecule is Nc1cc(NC(=O)COc2ccc(F)c(Cl)c2)ccc1F. The molecule has 2 aromatic carbocycles. The van der Waals surface area contributed by atoms with Crippen LogP contribution >= 0.6 is 11.6 Å². The molecule has 0 spiro atoms. The van der Waals surface area contributed by atoms with Crippen LogP contribution in [-0.4, -0.2) is 12.5 Å². The van der Waals surface area contributed by atoms with Crippen LogP contribution in [0.3, 0.4) is 0 Å². The fraction of sp³-hybridized carbons (Fsp3) is 0.0714. The van der Waals surface area contributed by atoms with E-state index >= 15 is 0 Å². The molecule has 0 aliphatic heterocycles. The van der Waals surface area contributed by atoms with Crippen LogP contribution in [0.5, 0.6) is 5.75 Å². The molecule has 0 aliphatic rings. The zero-order valence-corrected chi connectivity index (χ0v) is 11.5. The first kappa shape index (κ1) is 15.1. The number of rotatable bonds is 4. The molecule has 0 bridgehead atoms. The van der Waals surface area contributed by atoms with Crippen LogP contribution < -0.4 is 15.8 Å². The fourth-order valence-corrected chi connectivity index (χ4v) is 1.70. The molecule has 110 valence electrons. The van der Waals surface area contributed by atoms with Crippen LogP contribution in [0.25, 0.3) is 0 Å². The van der Waals surface area contributed by atoms with E-state index < -0.39 is 17.5 Å². The van der Waals surface area contributed by atoms with Crippen molar-refractivity contribution in [1.82, 2.24) is 0 Å². The van der Waals surface area contributed by atoms with Crippen molar-refractivity contribution in [2.45, 2.75) is 0 Å². The van der Waals surface area contributed by atoms with Gasteiger partial charge in [0.05, 0.1) is 10.7 Å². The molecular weight excluding hydrogens is 302 g/mol. The molecule has 0 fully saturated rings. The van der Waals surface area contributed by atoms with E-state index in [0.29, 0.717) is 5.69 Å². The minimum Gasteiger partial charge on any atom is -0.484 e. The van der Waals surface area contributed by atoms with Crippen molar-refractivity contribution in [1.29, 1.82) is 0 Å². The summed E-state index contributed by atoms with van der Waals surface area (Å²) < 4.78 is 31.1. The highest BCUT2D eigenvalue weighted by Crippen LogP contribution is 2.21. The topological polar surface area (TPSA) is 64.3 Å². The standard InChI is InChI=1S/C14H11ClF2N2O2/c15-10-6-9(2-4-11(10)16)21-7-14(20)19-8-1-3-12(17)13(18)5-8/h1-6H,7,18H2,(H,19,20). The number of nitrogen functional groups attached to an aromatic ring is 1. The van der Waals surface area contributed by atoms with Gasteiger partial charge in [-0.3, -0.25) is 4.79 Å². The third-order valence-corrected chi connectivity index (χ3v) is 2.83. The lowest BCUT2D eigenvalue weighted by molar-refractivity contribution is -0.118. The number of hydrogen-bond acceptors (Lipinski definition) is 3. The molecule has 0 saturated heterocycles. The predicted molar refractivity (Wildman–Crippen MR) is 76.3 cm³/mol. The number of nitrogens with one attached hydrogen (secondary N) is 1. The lowest BCUT2D eigenvalue weighted by Crippen LogP contribution is -2.20. The number of amides is 1. The number of nitrogens with two attached hydrogens (primary N) is 1. The normalized spacial score (nSPS) is 10.2. The molecule has 0 aromatic heterocycles. The summed E-state index contributed by atoms with van der Waals surface area (Å²) in [5.74, 6) is -1.35. The van der Waals surface area contributed by atoms with E-state index in [-0.39, 0.29) is 23.1 Å². The largest absolute Gasteiger partial charge is 0.484 e. The molecule has 2 aromatic rings. The lowest BCUT2D eigenvalue weighted by atomic mass is 10.2. The van der Waals surface area contributed by atoms with Crippen LogP contribution in [0.2, 0.25) is 5.02 Å². The highest BCUT2D eigenvalue weighted by molar-refractivity contribution is 6.30. The highest BCUT2D eigenvalue weighted by Gasteiger charge is 2.07. The Balaban J connectivity index is 1.92. The molecule has 0 aliphatic carbocycles. The van der Waals surface area contributed by atoms with Gasteiger partial charge in [-0.25, -0.2) is 8.78 Å². The maximum absolute atomic E-state index is 13.0. The molecule has 3 N–H and O–H groups in total. The van der Waals surface area contributed by atoms with Gasteiger partial charge in [-0.2, -0.15) is 0 Å². The summed E-state index contributed by atoms with van der Waals surface area (Å²) in [6.45, 7) is -0.306. The van der Waals surface area contributed by atoms with Crippen molar-refractivity contribution in [2.24, 2.45) is 0 Å².